The summed E-state index contributed by atoms with van der Waals surface area (Å²) in [6.45, 7) is 13.3. The first kappa shape index (κ1) is 21.1. The van der Waals surface area contributed by atoms with Crippen molar-refractivity contribution in [2.75, 3.05) is 32.7 Å². The lowest BCUT2D eigenvalue weighted by atomic mass is 10.1. The van der Waals surface area contributed by atoms with Crippen LogP contribution in [0.25, 0.3) is 0 Å². The van der Waals surface area contributed by atoms with E-state index in [-0.39, 0.29) is 17.4 Å². The predicted molar refractivity (Wildman–Crippen MR) is 114 cm³/mol. The number of amides is 1. The van der Waals surface area contributed by atoms with Gasteiger partial charge in [-0.2, -0.15) is 0 Å². The van der Waals surface area contributed by atoms with Crippen LogP contribution >= 0.6 is 0 Å². The van der Waals surface area contributed by atoms with Gasteiger partial charge in [-0.25, -0.2) is 4.79 Å². The fourth-order valence-corrected chi connectivity index (χ4v) is 4.11. The van der Waals surface area contributed by atoms with Crippen LogP contribution in [0.3, 0.4) is 0 Å². The summed E-state index contributed by atoms with van der Waals surface area (Å²) in [5, 5.41) is 0. The Morgan fingerprint density at radius 2 is 1.62 bits per heavy atom. The zero-order valence-corrected chi connectivity index (χ0v) is 18.1. The quantitative estimate of drug-likeness (QED) is 0.735. The Balaban J connectivity index is 1.56. The molecule has 3 rings (SSSR count). The van der Waals surface area contributed by atoms with E-state index >= 15 is 0 Å². The van der Waals surface area contributed by atoms with Crippen molar-refractivity contribution in [3.05, 3.63) is 53.3 Å². The van der Waals surface area contributed by atoms with Gasteiger partial charge in [-0.05, 0) is 52.8 Å². The monoisotopic (exact) mass is 397 g/mol. The molecular weight excluding hydrogens is 366 g/mol. The van der Waals surface area contributed by atoms with Gasteiger partial charge in [-0.1, -0.05) is 18.2 Å². The number of carbonyl (C=O) groups is 2. The van der Waals surface area contributed by atoms with E-state index in [4.69, 9.17) is 4.74 Å². The van der Waals surface area contributed by atoms with E-state index in [2.05, 4.69) is 30.2 Å². The van der Waals surface area contributed by atoms with E-state index in [1.54, 1.807) is 17.0 Å². The number of Topliss-reactive ketones (excluding diaryl/α,β-unsaturated/α-hetero) is 1. The second kappa shape index (κ2) is 8.41. The van der Waals surface area contributed by atoms with Gasteiger partial charge in [0, 0.05) is 48.7 Å². The summed E-state index contributed by atoms with van der Waals surface area (Å²) in [4.78, 5) is 29.0. The molecule has 0 spiro atoms. The molecule has 0 aliphatic carbocycles. The Kier molecular flexibility index (Phi) is 6.13. The molecule has 1 fully saturated rings. The van der Waals surface area contributed by atoms with Crippen LogP contribution in [0.15, 0.2) is 36.4 Å². The summed E-state index contributed by atoms with van der Waals surface area (Å²) in [5.74, 6) is 0.679. The molecule has 1 aromatic heterocycles. The van der Waals surface area contributed by atoms with Crippen molar-refractivity contribution >= 4 is 11.9 Å². The number of para-hydroxylation sites is 1. The topological polar surface area (TPSA) is 54.8 Å². The summed E-state index contributed by atoms with van der Waals surface area (Å²) < 4.78 is 7.62. The lowest BCUT2D eigenvalue weighted by Gasteiger charge is -2.33. The van der Waals surface area contributed by atoms with Crippen molar-refractivity contribution < 1.29 is 14.3 Å². The molecule has 2 heterocycles. The molecule has 0 radical (unpaired) electrons. The highest BCUT2D eigenvalue weighted by atomic mass is 16.6. The number of hydrogen-bond donors (Lipinski definition) is 0. The predicted octanol–water partition coefficient (Wildman–Crippen LogP) is 3.86. The van der Waals surface area contributed by atoms with E-state index in [9.17, 15) is 9.59 Å². The van der Waals surface area contributed by atoms with Gasteiger partial charge in [0.15, 0.2) is 5.78 Å². The summed E-state index contributed by atoms with van der Waals surface area (Å²) in [7, 11) is 0. The molecule has 0 bridgehead atoms. The highest BCUT2D eigenvalue weighted by Crippen LogP contribution is 2.25. The van der Waals surface area contributed by atoms with Gasteiger partial charge in [0.1, 0.15) is 5.75 Å². The fraction of sp³-hybridized carbons (Fsp3) is 0.478. The summed E-state index contributed by atoms with van der Waals surface area (Å²) in [5.41, 5.74) is 2.86. The smallest absolute Gasteiger partial charge is 0.410 e. The van der Waals surface area contributed by atoms with E-state index in [0.29, 0.717) is 38.5 Å². The van der Waals surface area contributed by atoms with Crippen LogP contribution in [0.5, 0.6) is 5.75 Å². The average molecular weight is 398 g/mol. The first-order valence-corrected chi connectivity index (χ1v) is 10.1. The first-order chi connectivity index (χ1) is 13.7. The van der Waals surface area contributed by atoms with Crippen LogP contribution in [-0.2, 0) is 5.54 Å². The second-order valence-corrected chi connectivity index (χ2v) is 8.66. The Morgan fingerprint density at radius 3 is 2.17 bits per heavy atom. The molecule has 6 heteroatoms. The number of rotatable bonds is 4. The fourth-order valence-electron chi connectivity index (χ4n) is 4.11. The van der Waals surface area contributed by atoms with Gasteiger partial charge in [-0.15, -0.1) is 0 Å². The normalized spacial score (nSPS) is 15.4. The van der Waals surface area contributed by atoms with Crippen molar-refractivity contribution in [2.24, 2.45) is 0 Å². The minimum Gasteiger partial charge on any atom is -0.410 e. The van der Waals surface area contributed by atoms with Gasteiger partial charge in [0.25, 0.3) is 0 Å². The number of aryl methyl sites for hydroxylation is 1. The lowest BCUT2D eigenvalue weighted by molar-refractivity contribution is 0.0844. The number of ketones is 1. The molecule has 1 aliphatic heterocycles. The molecule has 156 valence electrons. The SMILES string of the molecule is Cc1cc(C(=O)CN2CCN(C(=O)Oc3ccccc3)CC2)c(C)n1C(C)(C)C. The third kappa shape index (κ3) is 4.88. The number of benzene rings is 1. The van der Waals surface area contributed by atoms with Gasteiger partial charge in [0.05, 0.1) is 6.54 Å². The van der Waals surface area contributed by atoms with Crippen molar-refractivity contribution in [1.29, 1.82) is 0 Å². The van der Waals surface area contributed by atoms with Crippen LogP contribution in [0.2, 0.25) is 0 Å². The molecule has 0 atom stereocenters. The standard InChI is InChI=1S/C23H31N3O3/c1-17-15-20(18(2)26(17)23(3,4)5)21(27)16-24-11-13-25(14-12-24)22(28)29-19-9-7-6-8-10-19/h6-10,15H,11-14,16H2,1-5H3. The number of carbonyl (C=O) groups excluding carboxylic acids is 2. The second-order valence-electron chi connectivity index (χ2n) is 8.66. The van der Waals surface area contributed by atoms with Gasteiger partial charge in [0.2, 0.25) is 0 Å². The molecule has 0 saturated carbocycles. The van der Waals surface area contributed by atoms with Crippen molar-refractivity contribution in [3.63, 3.8) is 0 Å². The minimum absolute atomic E-state index is 0.0581. The van der Waals surface area contributed by atoms with Crippen LogP contribution in [0.1, 0.15) is 42.5 Å². The Bertz CT molecular complexity index is 873. The zero-order valence-electron chi connectivity index (χ0n) is 18.1. The summed E-state index contributed by atoms with van der Waals surface area (Å²) >= 11 is 0. The highest BCUT2D eigenvalue weighted by Gasteiger charge is 2.27. The van der Waals surface area contributed by atoms with E-state index < -0.39 is 0 Å². The lowest BCUT2D eigenvalue weighted by Crippen LogP contribution is -2.50. The third-order valence-corrected chi connectivity index (χ3v) is 5.35. The molecule has 6 nitrogen and oxygen atoms in total. The molecule has 0 N–H and O–H groups in total. The molecule has 1 amide bonds. The summed E-state index contributed by atoms with van der Waals surface area (Å²) in [6.07, 6.45) is -0.337. The molecule has 0 unspecified atom stereocenters. The highest BCUT2D eigenvalue weighted by molar-refractivity contribution is 5.99. The van der Waals surface area contributed by atoms with Crippen LogP contribution < -0.4 is 4.74 Å². The minimum atomic E-state index is -0.337. The van der Waals surface area contributed by atoms with Crippen molar-refractivity contribution in [1.82, 2.24) is 14.4 Å². The van der Waals surface area contributed by atoms with Crippen molar-refractivity contribution in [2.45, 2.75) is 40.2 Å². The number of aromatic nitrogens is 1. The average Bonchev–Trinajstić information content (AvgIpc) is 2.97. The number of nitrogens with zero attached hydrogens (tertiary/aromatic N) is 3. The third-order valence-electron chi connectivity index (χ3n) is 5.35. The number of hydrogen-bond acceptors (Lipinski definition) is 4. The van der Waals surface area contributed by atoms with Gasteiger partial charge >= 0.3 is 6.09 Å². The number of ether oxygens (including phenoxy) is 1. The maximum atomic E-state index is 12.9. The van der Waals surface area contributed by atoms with E-state index in [0.717, 1.165) is 17.0 Å². The molecular formula is C23H31N3O3. The van der Waals surface area contributed by atoms with E-state index in [1.165, 1.54) is 0 Å². The Labute approximate surface area is 173 Å². The largest absolute Gasteiger partial charge is 0.415 e. The molecule has 2 aromatic rings. The zero-order chi connectivity index (χ0) is 21.2. The summed E-state index contributed by atoms with van der Waals surface area (Å²) in [6, 6.07) is 11.1. The van der Waals surface area contributed by atoms with E-state index in [1.807, 2.05) is 38.1 Å². The Hall–Kier alpha value is -2.60. The van der Waals surface area contributed by atoms with Gasteiger partial charge < -0.3 is 14.2 Å². The molecule has 1 aromatic carbocycles. The Morgan fingerprint density at radius 1 is 1.00 bits per heavy atom. The van der Waals surface area contributed by atoms with Gasteiger partial charge in [-0.3, -0.25) is 9.69 Å². The van der Waals surface area contributed by atoms with Crippen LogP contribution in [0, 0.1) is 13.8 Å². The van der Waals surface area contributed by atoms with Crippen molar-refractivity contribution in [3.8, 4) is 5.75 Å². The maximum Gasteiger partial charge on any atom is 0.415 e. The van der Waals surface area contributed by atoms with Crippen LogP contribution in [0.4, 0.5) is 4.79 Å². The molecule has 1 aliphatic rings. The first-order valence-electron chi connectivity index (χ1n) is 10.1. The number of piperazine rings is 1. The van der Waals surface area contributed by atoms with Crippen LogP contribution in [-0.4, -0.2) is 59.0 Å². The maximum absolute atomic E-state index is 12.9. The molecule has 1 saturated heterocycles. The molecule has 29 heavy (non-hydrogen) atoms.